The van der Waals surface area contributed by atoms with Gasteiger partial charge < -0.3 is 5.32 Å². The van der Waals surface area contributed by atoms with Gasteiger partial charge in [-0.2, -0.15) is 5.10 Å². The van der Waals surface area contributed by atoms with Crippen molar-refractivity contribution in [1.82, 2.24) is 15.1 Å². The molecule has 0 saturated carbocycles. The molecule has 0 aliphatic carbocycles. The Hall–Kier alpha value is -1.68. The topological polar surface area (TPSA) is 29.9 Å². The van der Waals surface area contributed by atoms with Crippen LogP contribution in [0.2, 0.25) is 0 Å². The van der Waals surface area contributed by atoms with E-state index in [1.54, 1.807) is 0 Å². The first-order valence-electron chi connectivity index (χ1n) is 7.13. The first-order chi connectivity index (χ1) is 9.60. The van der Waals surface area contributed by atoms with Gasteiger partial charge in [0.25, 0.3) is 0 Å². The molecule has 0 aliphatic rings. The first kappa shape index (κ1) is 14.7. The molecule has 0 amide bonds. The van der Waals surface area contributed by atoms with Crippen LogP contribution in [0.1, 0.15) is 44.1 Å². The Morgan fingerprint density at radius 2 is 1.90 bits per heavy atom. The summed E-state index contributed by atoms with van der Waals surface area (Å²) >= 11 is 0. The summed E-state index contributed by atoms with van der Waals surface area (Å²) in [5, 5.41) is 8.01. The van der Waals surface area contributed by atoms with Crippen molar-refractivity contribution < 1.29 is 4.39 Å². The SMILES string of the molecule is CCNC(Cc1ccn(C(C)C)n1)c1ccc(F)cc1. The molecule has 2 aromatic rings. The predicted octanol–water partition coefficient (Wildman–Crippen LogP) is 3.50. The molecule has 3 nitrogen and oxygen atoms in total. The van der Waals surface area contributed by atoms with E-state index < -0.39 is 0 Å². The van der Waals surface area contributed by atoms with Gasteiger partial charge in [0.05, 0.1) is 5.69 Å². The molecule has 1 unspecified atom stereocenters. The Morgan fingerprint density at radius 1 is 1.20 bits per heavy atom. The maximum absolute atomic E-state index is 13.0. The van der Waals surface area contributed by atoms with Gasteiger partial charge in [0.15, 0.2) is 0 Å². The fourth-order valence-corrected chi connectivity index (χ4v) is 2.23. The minimum absolute atomic E-state index is 0.163. The van der Waals surface area contributed by atoms with Crippen molar-refractivity contribution in [1.29, 1.82) is 0 Å². The molecular weight excluding hydrogens is 253 g/mol. The summed E-state index contributed by atoms with van der Waals surface area (Å²) in [7, 11) is 0. The highest BCUT2D eigenvalue weighted by molar-refractivity contribution is 5.21. The van der Waals surface area contributed by atoms with Gasteiger partial charge in [-0.1, -0.05) is 19.1 Å². The van der Waals surface area contributed by atoms with E-state index in [1.807, 2.05) is 29.1 Å². The van der Waals surface area contributed by atoms with E-state index in [4.69, 9.17) is 0 Å². The fraction of sp³-hybridized carbons (Fsp3) is 0.438. The molecule has 1 N–H and O–H groups in total. The van der Waals surface area contributed by atoms with E-state index in [0.29, 0.717) is 6.04 Å². The van der Waals surface area contributed by atoms with E-state index in [-0.39, 0.29) is 11.9 Å². The summed E-state index contributed by atoms with van der Waals surface area (Å²) < 4.78 is 15.0. The monoisotopic (exact) mass is 275 g/mol. The van der Waals surface area contributed by atoms with E-state index in [9.17, 15) is 4.39 Å². The third-order valence-corrected chi connectivity index (χ3v) is 3.33. The highest BCUT2D eigenvalue weighted by Crippen LogP contribution is 2.18. The minimum Gasteiger partial charge on any atom is -0.310 e. The van der Waals surface area contributed by atoms with Gasteiger partial charge in [-0.05, 0) is 44.2 Å². The lowest BCUT2D eigenvalue weighted by Crippen LogP contribution is -2.23. The molecule has 0 fully saturated rings. The Balaban J connectivity index is 2.14. The lowest BCUT2D eigenvalue weighted by Gasteiger charge is -2.17. The van der Waals surface area contributed by atoms with Gasteiger partial charge in [-0.25, -0.2) is 4.39 Å². The normalized spacial score (nSPS) is 12.8. The van der Waals surface area contributed by atoms with E-state index in [0.717, 1.165) is 24.2 Å². The summed E-state index contributed by atoms with van der Waals surface area (Å²) in [6.45, 7) is 7.16. The summed E-state index contributed by atoms with van der Waals surface area (Å²) in [5.41, 5.74) is 2.14. The molecule has 1 heterocycles. The molecule has 1 aromatic carbocycles. The van der Waals surface area contributed by atoms with Crippen molar-refractivity contribution in [3.05, 3.63) is 53.6 Å². The standard InChI is InChI=1S/C16H22FN3/c1-4-18-16(13-5-7-14(17)8-6-13)11-15-9-10-20(19-15)12(2)3/h5-10,12,16,18H,4,11H2,1-3H3. The molecule has 20 heavy (non-hydrogen) atoms. The number of nitrogens with one attached hydrogen (secondary N) is 1. The van der Waals surface area contributed by atoms with E-state index >= 15 is 0 Å². The van der Waals surface area contributed by atoms with Gasteiger partial charge >= 0.3 is 0 Å². The second-order valence-electron chi connectivity index (χ2n) is 5.25. The Bertz CT molecular complexity index is 531. The molecule has 4 heteroatoms. The Labute approximate surface area is 119 Å². The lowest BCUT2D eigenvalue weighted by atomic mass is 10.0. The second-order valence-corrected chi connectivity index (χ2v) is 5.25. The summed E-state index contributed by atoms with van der Waals surface area (Å²) in [5.74, 6) is -0.201. The summed E-state index contributed by atoms with van der Waals surface area (Å²) in [4.78, 5) is 0. The molecule has 0 spiro atoms. The van der Waals surface area contributed by atoms with Crippen molar-refractivity contribution in [3.63, 3.8) is 0 Å². The largest absolute Gasteiger partial charge is 0.310 e. The van der Waals surface area contributed by atoms with Gasteiger partial charge in [-0.15, -0.1) is 0 Å². The molecular formula is C16H22FN3. The zero-order valence-corrected chi connectivity index (χ0v) is 12.3. The number of benzene rings is 1. The van der Waals surface area contributed by atoms with Gasteiger partial charge in [-0.3, -0.25) is 4.68 Å². The quantitative estimate of drug-likeness (QED) is 0.874. The maximum Gasteiger partial charge on any atom is 0.123 e. The number of aromatic nitrogens is 2. The Kier molecular flexibility index (Phi) is 4.90. The smallest absolute Gasteiger partial charge is 0.123 e. The number of likely N-dealkylation sites (N-methyl/N-ethyl adjacent to an activating group) is 1. The minimum atomic E-state index is -0.201. The predicted molar refractivity (Wildman–Crippen MR) is 79.1 cm³/mol. The van der Waals surface area contributed by atoms with Crippen LogP contribution in [0.15, 0.2) is 36.5 Å². The molecule has 1 atom stereocenters. The number of halogens is 1. The van der Waals surface area contributed by atoms with E-state index in [1.165, 1.54) is 12.1 Å². The van der Waals surface area contributed by atoms with Crippen LogP contribution in [-0.2, 0) is 6.42 Å². The van der Waals surface area contributed by atoms with Crippen molar-refractivity contribution in [2.45, 2.75) is 39.3 Å². The lowest BCUT2D eigenvalue weighted by molar-refractivity contribution is 0.506. The molecule has 0 saturated heterocycles. The Morgan fingerprint density at radius 3 is 2.45 bits per heavy atom. The van der Waals surface area contributed by atoms with Crippen LogP contribution in [0.5, 0.6) is 0 Å². The fourth-order valence-electron chi connectivity index (χ4n) is 2.23. The maximum atomic E-state index is 13.0. The average Bonchev–Trinajstić information content (AvgIpc) is 2.88. The van der Waals surface area contributed by atoms with Gasteiger partial charge in [0.2, 0.25) is 0 Å². The van der Waals surface area contributed by atoms with Crippen molar-refractivity contribution >= 4 is 0 Å². The van der Waals surface area contributed by atoms with Crippen molar-refractivity contribution in [2.24, 2.45) is 0 Å². The zero-order chi connectivity index (χ0) is 14.5. The number of nitrogens with zero attached hydrogens (tertiary/aromatic N) is 2. The van der Waals surface area contributed by atoms with E-state index in [2.05, 4.69) is 31.2 Å². The van der Waals surface area contributed by atoms with Crippen LogP contribution in [0.3, 0.4) is 0 Å². The molecule has 2 rings (SSSR count). The second kappa shape index (κ2) is 6.66. The molecule has 0 radical (unpaired) electrons. The number of hydrogen-bond acceptors (Lipinski definition) is 2. The first-order valence-corrected chi connectivity index (χ1v) is 7.13. The van der Waals surface area contributed by atoms with Gasteiger partial charge in [0.1, 0.15) is 5.82 Å². The number of rotatable bonds is 6. The molecule has 108 valence electrons. The highest BCUT2D eigenvalue weighted by Gasteiger charge is 2.13. The van der Waals surface area contributed by atoms with Crippen molar-refractivity contribution in [2.75, 3.05) is 6.54 Å². The molecule has 1 aromatic heterocycles. The van der Waals surface area contributed by atoms with Crippen LogP contribution in [0, 0.1) is 5.82 Å². The highest BCUT2D eigenvalue weighted by atomic mass is 19.1. The third-order valence-electron chi connectivity index (χ3n) is 3.33. The van der Waals surface area contributed by atoms with Crippen LogP contribution >= 0.6 is 0 Å². The summed E-state index contributed by atoms with van der Waals surface area (Å²) in [6, 6.07) is 9.26. The van der Waals surface area contributed by atoms with Crippen LogP contribution < -0.4 is 5.32 Å². The summed E-state index contributed by atoms with van der Waals surface area (Å²) in [6.07, 6.45) is 2.81. The van der Waals surface area contributed by atoms with Crippen molar-refractivity contribution in [3.8, 4) is 0 Å². The molecule has 0 bridgehead atoms. The third kappa shape index (κ3) is 3.67. The van der Waals surface area contributed by atoms with Gasteiger partial charge in [0, 0.05) is 24.7 Å². The van der Waals surface area contributed by atoms with Crippen LogP contribution in [0.4, 0.5) is 4.39 Å². The van der Waals surface area contributed by atoms with Crippen LogP contribution in [0.25, 0.3) is 0 Å². The molecule has 0 aliphatic heterocycles. The number of hydrogen-bond donors (Lipinski definition) is 1. The zero-order valence-electron chi connectivity index (χ0n) is 12.3. The van der Waals surface area contributed by atoms with Crippen LogP contribution in [-0.4, -0.2) is 16.3 Å². The average molecular weight is 275 g/mol.